The van der Waals surface area contributed by atoms with Crippen LogP contribution in [-0.4, -0.2) is 31.0 Å². The van der Waals surface area contributed by atoms with E-state index < -0.39 is 0 Å². The lowest BCUT2D eigenvalue weighted by molar-refractivity contribution is 0.0743. The molecule has 5 nitrogen and oxygen atoms in total. The molecule has 0 atom stereocenters. The average Bonchev–Trinajstić information content (AvgIpc) is 2.63. The first-order valence-electron chi connectivity index (χ1n) is 8.13. The minimum atomic E-state index is -0.382. The fourth-order valence-electron chi connectivity index (χ4n) is 2.52. The van der Waals surface area contributed by atoms with Crippen molar-refractivity contribution in [2.24, 2.45) is 0 Å². The van der Waals surface area contributed by atoms with Crippen LogP contribution in [0.3, 0.4) is 0 Å². The van der Waals surface area contributed by atoms with Crippen LogP contribution in [-0.2, 0) is 0 Å². The van der Waals surface area contributed by atoms with Crippen LogP contribution in [0.2, 0.25) is 5.02 Å². The maximum atomic E-state index is 12.5. The van der Waals surface area contributed by atoms with Gasteiger partial charge in [-0.15, -0.1) is 0 Å². The van der Waals surface area contributed by atoms with Crippen LogP contribution in [0.1, 0.15) is 16.1 Å². The van der Waals surface area contributed by atoms with E-state index in [2.05, 4.69) is 0 Å². The van der Waals surface area contributed by atoms with Crippen LogP contribution in [0, 0.1) is 6.92 Å². The molecule has 2 aromatic carbocycles. The molecule has 0 bridgehead atoms. The number of rotatable bonds is 5. The van der Waals surface area contributed by atoms with E-state index in [0.717, 1.165) is 5.56 Å². The lowest BCUT2D eigenvalue weighted by Gasteiger charge is -2.17. The molecule has 0 aliphatic rings. The minimum Gasteiger partial charge on any atom is -0.490 e. The Morgan fingerprint density at radius 1 is 1.19 bits per heavy atom. The number of aryl methyl sites for hydroxylation is 1. The Morgan fingerprint density at radius 2 is 1.96 bits per heavy atom. The van der Waals surface area contributed by atoms with Crippen LogP contribution < -0.4 is 10.2 Å². The zero-order valence-electron chi connectivity index (χ0n) is 14.5. The van der Waals surface area contributed by atoms with E-state index >= 15 is 0 Å². The second-order valence-electron chi connectivity index (χ2n) is 5.98. The second kappa shape index (κ2) is 7.62. The first-order valence-corrected chi connectivity index (χ1v) is 8.51. The van der Waals surface area contributed by atoms with Gasteiger partial charge in [-0.05, 0) is 31.2 Å². The topological polar surface area (TPSA) is 59.8 Å². The smallest absolute Gasteiger partial charge is 0.289 e. The number of para-hydroxylation sites is 1. The molecule has 1 heterocycles. The van der Waals surface area contributed by atoms with Gasteiger partial charge in [0.15, 0.2) is 11.2 Å². The summed E-state index contributed by atoms with van der Waals surface area (Å²) in [4.78, 5) is 26.2. The zero-order valence-corrected chi connectivity index (χ0v) is 15.2. The Morgan fingerprint density at radius 3 is 2.73 bits per heavy atom. The summed E-state index contributed by atoms with van der Waals surface area (Å²) in [5.41, 5.74) is 1.11. The lowest BCUT2D eigenvalue weighted by atomic mass is 10.1. The van der Waals surface area contributed by atoms with Gasteiger partial charge in [0, 0.05) is 13.1 Å². The van der Waals surface area contributed by atoms with Gasteiger partial charge in [-0.2, -0.15) is 0 Å². The number of halogens is 1. The van der Waals surface area contributed by atoms with Gasteiger partial charge in [0.2, 0.25) is 0 Å². The molecule has 0 aliphatic carbocycles. The molecular formula is C20H18ClNO4. The Bertz CT molecular complexity index is 1010. The van der Waals surface area contributed by atoms with E-state index in [4.69, 9.17) is 20.8 Å². The molecule has 134 valence electrons. The standard InChI is InChI=1S/C20H18ClNO4/c1-13-7-8-17-14(11-13)16(23)12-19(26-17)20(24)22(2)9-10-25-18-6-4-3-5-15(18)21/h3-8,11-12H,9-10H2,1-2H3. The van der Waals surface area contributed by atoms with Crippen molar-refractivity contribution >= 4 is 28.5 Å². The molecule has 3 aromatic rings. The van der Waals surface area contributed by atoms with E-state index in [9.17, 15) is 9.59 Å². The number of benzene rings is 2. The lowest BCUT2D eigenvalue weighted by Crippen LogP contribution is -2.31. The van der Waals surface area contributed by atoms with Gasteiger partial charge in [0.05, 0.1) is 17.0 Å². The monoisotopic (exact) mass is 371 g/mol. The van der Waals surface area contributed by atoms with Gasteiger partial charge in [-0.25, -0.2) is 0 Å². The van der Waals surface area contributed by atoms with E-state index in [-0.39, 0.29) is 23.7 Å². The molecule has 0 N–H and O–H groups in total. The number of carbonyl (C=O) groups excluding carboxylic acids is 1. The third kappa shape index (κ3) is 3.89. The van der Waals surface area contributed by atoms with Gasteiger partial charge >= 0.3 is 0 Å². The van der Waals surface area contributed by atoms with Gasteiger partial charge in [0.1, 0.15) is 17.9 Å². The van der Waals surface area contributed by atoms with Gasteiger partial charge in [-0.1, -0.05) is 35.4 Å². The van der Waals surface area contributed by atoms with Crippen molar-refractivity contribution in [2.45, 2.75) is 6.92 Å². The summed E-state index contributed by atoms with van der Waals surface area (Å²) in [7, 11) is 1.62. The zero-order chi connectivity index (χ0) is 18.7. The average molecular weight is 372 g/mol. The van der Waals surface area contributed by atoms with E-state index in [1.165, 1.54) is 11.0 Å². The molecule has 6 heteroatoms. The molecule has 0 fully saturated rings. The molecule has 1 amide bonds. The fraction of sp³-hybridized carbons (Fsp3) is 0.200. The molecule has 0 saturated heterocycles. The van der Waals surface area contributed by atoms with Gasteiger partial charge in [0.25, 0.3) is 5.91 Å². The van der Waals surface area contributed by atoms with Gasteiger partial charge in [-0.3, -0.25) is 9.59 Å². The van der Waals surface area contributed by atoms with E-state index in [1.54, 1.807) is 31.3 Å². The number of amides is 1. The first kappa shape index (κ1) is 18.0. The number of likely N-dealkylation sites (N-methyl/N-ethyl adjacent to an activating group) is 1. The van der Waals surface area contributed by atoms with Crippen LogP contribution >= 0.6 is 11.6 Å². The van der Waals surface area contributed by atoms with E-state index in [1.807, 2.05) is 25.1 Å². The molecule has 1 aromatic heterocycles. The largest absolute Gasteiger partial charge is 0.490 e. The second-order valence-corrected chi connectivity index (χ2v) is 6.39. The summed E-state index contributed by atoms with van der Waals surface area (Å²) in [5, 5.41) is 0.976. The summed E-state index contributed by atoms with van der Waals surface area (Å²) in [6, 6.07) is 13.6. The van der Waals surface area contributed by atoms with Crippen molar-refractivity contribution < 1.29 is 13.9 Å². The predicted octanol–water partition coefficient (Wildman–Crippen LogP) is 3.91. The summed E-state index contributed by atoms with van der Waals surface area (Å²) in [6.45, 7) is 2.48. The number of hydrogen-bond acceptors (Lipinski definition) is 4. The quantitative estimate of drug-likeness (QED) is 0.682. The van der Waals surface area contributed by atoms with Crippen molar-refractivity contribution in [2.75, 3.05) is 20.2 Å². The van der Waals surface area contributed by atoms with E-state index in [0.29, 0.717) is 28.3 Å². The summed E-state index contributed by atoms with van der Waals surface area (Å²) in [5.74, 6) is 0.182. The Labute approximate surface area is 155 Å². The maximum absolute atomic E-state index is 12.5. The number of nitrogens with zero attached hydrogens (tertiary/aromatic N) is 1. The third-order valence-corrected chi connectivity index (χ3v) is 4.27. The van der Waals surface area contributed by atoms with Crippen LogP contribution in [0.5, 0.6) is 5.75 Å². The molecule has 3 rings (SSSR count). The Kier molecular flexibility index (Phi) is 5.28. The maximum Gasteiger partial charge on any atom is 0.289 e. The molecule has 0 radical (unpaired) electrons. The van der Waals surface area contributed by atoms with Crippen molar-refractivity contribution in [1.82, 2.24) is 4.90 Å². The molecule has 0 saturated carbocycles. The van der Waals surface area contributed by atoms with Gasteiger partial charge < -0.3 is 14.1 Å². The number of fused-ring (bicyclic) bond motifs is 1. The number of ether oxygens (including phenoxy) is 1. The molecule has 26 heavy (non-hydrogen) atoms. The highest BCUT2D eigenvalue weighted by molar-refractivity contribution is 6.32. The minimum absolute atomic E-state index is 0.00611. The normalized spacial score (nSPS) is 10.7. The van der Waals surface area contributed by atoms with Crippen molar-refractivity contribution in [3.8, 4) is 5.75 Å². The fourth-order valence-corrected chi connectivity index (χ4v) is 2.71. The summed E-state index contributed by atoms with van der Waals surface area (Å²) < 4.78 is 11.2. The predicted molar refractivity (Wildman–Crippen MR) is 101 cm³/mol. The summed E-state index contributed by atoms with van der Waals surface area (Å²) >= 11 is 6.03. The van der Waals surface area contributed by atoms with Crippen molar-refractivity contribution in [1.29, 1.82) is 0 Å². The van der Waals surface area contributed by atoms with Crippen LogP contribution in [0.4, 0.5) is 0 Å². The molecular weight excluding hydrogens is 354 g/mol. The molecule has 0 unspecified atom stereocenters. The number of hydrogen-bond donors (Lipinski definition) is 0. The third-order valence-electron chi connectivity index (χ3n) is 3.96. The highest BCUT2D eigenvalue weighted by Gasteiger charge is 2.17. The SMILES string of the molecule is Cc1ccc2oc(C(=O)N(C)CCOc3ccccc3Cl)cc(=O)c2c1. The molecule has 0 aliphatic heterocycles. The molecule has 0 spiro atoms. The van der Waals surface area contributed by atoms with Crippen molar-refractivity contribution in [3.05, 3.63) is 75.1 Å². The highest BCUT2D eigenvalue weighted by Crippen LogP contribution is 2.23. The van der Waals surface area contributed by atoms with Crippen LogP contribution in [0.15, 0.2) is 57.7 Å². The van der Waals surface area contributed by atoms with Crippen molar-refractivity contribution in [3.63, 3.8) is 0 Å². The highest BCUT2D eigenvalue weighted by atomic mass is 35.5. The number of carbonyl (C=O) groups is 1. The Hall–Kier alpha value is -2.79. The first-order chi connectivity index (χ1) is 12.5. The Balaban J connectivity index is 1.70. The summed E-state index contributed by atoms with van der Waals surface area (Å²) in [6.07, 6.45) is 0. The van der Waals surface area contributed by atoms with Crippen LogP contribution in [0.25, 0.3) is 11.0 Å².